The van der Waals surface area contributed by atoms with E-state index in [2.05, 4.69) is 206 Å². The van der Waals surface area contributed by atoms with Gasteiger partial charge in [-0.25, -0.2) is 0 Å². The number of hydrogen-bond acceptors (Lipinski definition) is 0. The van der Waals surface area contributed by atoms with Crippen molar-refractivity contribution in [1.82, 2.24) is 0 Å². The second kappa shape index (κ2) is 12.5. The predicted molar refractivity (Wildman–Crippen MR) is 223 cm³/mol. The molecule has 0 aliphatic rings. The summed E-state index contributed by atoms with van der Waals surface area (Å²) in [5.41, 5.74) is 14.7. The van der Waals surface area contributed by atoms with E-state index in [0.717, 1.165) is 0 Å². The van der Waals surface area contributed by atoms with E-state index in [-0.39, 0.29) is 0 Å². The molecule has 0 atom stereocenters. The van der Waals surface area contributed by atoms with Gasteiger partial charge in [0.1, 0.15) is 0 Å². The first-order valence-corrected chi connectivity index (χ1v) is 18.0. The average molecular weight is 659 g/mol. The van der Waals surface area contributed by atoms with Crippen molar-refractivity contribution in [3.05, 3.63) is 206 Å². The highest BCUT2D eigenvalue weighted by molar-refractivity contribution is 6.30. The summed E-state index contributed by atoms with van der Waals surface area (Å²) < 4.78 is 0. The summed E-state index contributed by atoms with van der Waals surface area (Å²) >= 11 is 0. The zero-order valence-corrected chi connectivity index (χ0v) is 28.6. The Hall–Kier alpha value is -6.76. The van der Waals surface area contributed by atoms with Crippen LogP contribution >= 0.6 is 0 Å². The average Bonchev–Trinajstić information content (AvgIpc) is 3.23. The zero-order chi connectivity index (χ0) is 34.4. The molecule has 242 valence electrons. The van der Waals surface area contributed by atoms with E-state index >= 15 is 0 Å². The van der Waals surface area contributed by atoms with Gasteiger partial charge in [0.15, 0.2) is 0 Å². The van der Waals surface area contributed by atoms with Crippen molar-refractivity contribution in [2.75, 3.05) is 0 Å². The summed E-state index contributed by atoms with van der Waals surface area (Å²) in [6.07, 6.45) is 0. The minimum Gasteiger partial charge on any atom is -0.0622 e. The SMILES string of the molecule is c1ccc(-c2cccc(-c3ccc4ccc5c(-c6cccc(-c7ccccc7)c6)cc(-c6cccc(-c7ccccc7)c6)c6ccc3c4c56)c2)cc1. The first-order chi connectivity index (χ1) is 25.8. The molecular formula is C52H34. The van der Waals surface area contributed by atoms with Gasteiger partial charge in [0.05, 0.1) is 0 Å². The van der Waals surface area contributed by atoms with Crippen LogP contribution in [-0.4, -0.2) is 0 Å². The lowest BCUT2D eigenvalue weighted by molar-refractivity contribution is 1.59. The van der Waals surface area contributed by atoms with E-state index in [4.69, 9.17) is 0 Å². The van der Waals surface area contributed by atoms with Gasteiger partial charge in [0.2, 0.25) is 0 Å². The molecule has 0 fully saturated rings. The molecule has 0 radical (unpaired) electrons. The smallest absolute Gasteiger partial charge is 0.00141 e. The van der Waals surface area contributed by atoms with Crippen molar-refractivity contribution in [2.45, 2.75) is 0 Å². The van der Waals surface area contributed by atoms with Crippen molar-refractivity contribution in [3.8, 4) is 66.8 Å². The molecule has 0 spiro atoms. The summed E-state index contributed by atoms with van der Waals surface area (Å²) in [5.74, 6) is 0. The normalized spacial score (nSPS) is 11.5. The first-order valence-electron chi connectivity index (χ1n) is 18.0. The van der Waals surface area contributed by atoms with Crippen LogP contribution in [0.5, 0.6) is 0 Å². The van der Waals surface area contributed by atoms with E-state index < -0.39 is 0 Å². The van der Waals surface area contributed by atoms with Crippen molar-refractivity contribution in [1.29, 1.82) is 0 Å². The van der Waals surface area contributed by atoms with Crippen molar-refractivity contribution >= 4 is 32.3 Å². The van der Waals surface area contributed by atoms with Crippen LogP contribution in [0.25, 0.3) is 99.1 Å². The molecule has 0 amide bonds. The Morgan fingerprint density at radius 2 is 0.538 bits per heavy atom. The lowest BCUT2D eigenvalue weighted by Gasteiger charge is -2.20. The van der Waals surface area contributed by atoms with E-state index in [1.807, 2.05) is 0 Å². The summed E-state index contributed by atoms with van der Waals surface area (Å²) in [6.45, 7) is 0. The molecule has 0 aliphatic heterocycles. The Kier molecular flexibility index (Phi) is 7.25. The van der Waals surface area contributed by atoms with Crippen LogP contribution in [0.2, 0.25) is 0 Å². The number of benzene rings is 10. The molecule has 10 aromatic carbocycles. The van der Waals surface area contributed by atoms with Gasteiger partial charge in [0, 0.05) is 0 Å². The third-order valence-corrected chi connectivity index (χ3v) is 10.6. The standard InChI is InChI=1S/C52H34/c1-4-13-35(14-5-1)39-19-10-22-42(31-39)45-27-25-38-26-28-47-49(43-23-11-20-40(32-43)36-15-6-2-7-16-36)34-50(48-30-29-46(45)51(38)52(47)48)44-24-12-21-41(33-44)37-17-8-3-9-18-37/h1-34H. The van der Waals surface area contributed by atoms with Gasteiger partial charge in [-0.05, 0) is 123 Å². The highest BCUT2D eigenvalue weighted by Crippen LogP contribution is 2.47. The van der Waals surface area contributed by atoms with Crippen LogP contribution in [-0.2, 0) is 0 Å². The first kappa shape index (κ1) is 30.1. The van der Waals surface area contributed by atoms with Gasteiger partial charge >= 0.3 is 0 Å². The van der Waals surface area contributed by atoms with Crippen molar-refractivity contribution in [2.24, 2.45) is 0 Å². The van der Waals surface area contributed by atoms with Gasteiger partial charge in [0.25, 0.3) is 0 Å². The van der Waals surface area contributed by atoms with E-state index in [0.29, 0.717) is 0 Å². The van der Waals surface area contributed by atoms with Crippen LogP contribution < -0.4 is 0 Å². The maximum atomic E-state index is 2.43. The maximum Gasteiger partial charge on any atom is -0.00141 e. The number of hydrogen-bond donors (Lipinski definition) is 0. The van der Waals surface area contributed by atoms with Gasteiger partial charge in [-0.2, -0.15) is 0 Å². The lowest BCUT2D eigenvalue weighted by Crippen LogP contribution is -1.93. The van der Waals surface area contributed by atoms with Crippen molar-refractivity contribution < 1.29 is 0 Å². The highest BCUT2D eigenvalue weighted by atomic mass is 14.2. The summed E-state index contributed by atoms with van der Waals surface area (Å²) in [5, 5.41) is 7.72. The Balaban J connectivity index is 1.25. The molecule has 10 rings (SSSR count). The molecule has 0 aromatic heterocycles. The maximum absolute atomic E-state index is 2.43. The van der Waals surface area contributed by atoms with Crippen LogP contribution in [0.3, 0.4) is 0 Å². The fourth-order valence-electron chi connectivity index (χ4n) is 8.12. The minimum absolute atomic E-state index is 1.22. The third kappa shape index (κ3) is 5.16. The molecule has 0 nitrogen and oxygen atoms in total. The lowest BCUT2D eigenvalue weighted by atomic mass is 9.83. The van der Waals surface area contributed by atoms with E-state index in [1.54, 1.807) is 0 Å². The van der Waals surface area contributed by atoms with Gasteiger partial charge in [-0.15, -0.1) is 0 Å². The molecule has 0 saturated carbocycles. The monoisotopic (exact) mass is 658 g/mol. The molecule has 0 unspecified atom stereocenters. The quantitative estimate of drug-likeness (QED) is 0.156. The molecule has 0 heteroatoms. The Morgan fingerprint density at radius 3 is 1.00 bits per heavy atom. The van der Waals surface area contributed by atoms with E-state index in [1.165, 1.54) is 99.1 Å². The van der Waals surface area contributed by atoms with Crippen molar-refractivity contribution in [3.63, 3.8) is 0 Å². The molecule has 52 heavy (non-hydrogen) atoms. The van der Waals surface area contributed by atoms with E-state index in [9.17, 15) is 0 Å². The second-order valence-electron chi connectivity index (χ2n) is 13.7. The fraction of sp³-hybridized carbons (Fsp3) is 0. The topological polar surface area (TPSA) is 0 Å². The highest BCUT2D eigenvalue weighted by Gasteiger charge is 2.19. The summed E-state index contributed by atoms with van der Waals surface area (Å²) in [4.78, 5) is 0. The van der Waals surface area contributed by atoms with Crippen LogP contribution in [0, 0.1) is 0 Å². The van der Waals surface area contributed by atoms with Gasteiger partial charge < -0.3 is 0 Å². The predicted octanol–water partition coefficient (Wildman–Crippen LogP) is 14.6. The van der Waals surface area contributed by atoms with Gasteiger partial charge in [-0.1, -0.05) is 182 Å². The fourth-order valence-corrected chi connectivity index (χ4v) is 8.12. The summed E-state index contributed by atoms with van der Waals surface area (Å²) in [6, 6.07) is 75.5. The molecule has 0 aliphatic carbocycles. The molecule has 10 aromatic rings. The largest absolute Gasteiger partial charge is 0.0622 e. The Morgan fingerprint density at radius 1 is 0.192 bits per heavy atom. The molecule has 0 N–H and O–H groups in total. The van der Waals surface area contributed by atoms with Gasteiger partial charge in [-0.3, -0.25) is 0 Å². The molecule has 0 heterocycles. The molecule has 0 saturated heterocycles. The number of rotatable bonds is 6. The zero-order valence-electron chi connectivity index (χ0n) is 28.6. The second-order valence-corrected chi connectivity index (χ2v) is 13.7. The molecule has 0 bridgehead atoms. The van der Waals surface area contributed by atoms with Crippen LogP contribution in [0.4, 0.5) is 0 Å². The summed E-state index contributed by atoms with van der Waals surface area (Å²) in [7, 11) is 0. The third-order valence-electron chi connectivity index (χ3n) is 10.6. The minimum atomic E-state index is 1.22. The Bertz CT molecular complexity index is 2760. The van der Waals surface area contributed by atoms with Crippen LogP contribution in [0.15, 0.2) is 206 Å². The molecular weight excluding hydrogens is 625 g/mol. The Labute approximate surface area is 304 Å². The van der Waals surface area contributed by atoms with Crippen LogP contribution in [0.1, 0.15) is 0 Å².